The highest BCUT2D eigenvalue weighted by atomic mass is 16.4. The summed E-state index contributed by atoms with van der Waals surface area (Å²) >= 11 is 0. The van der Waals surface area contributed by atoms with E-state index in [1.807, 2.05) is 12.2 Å². The monoisotopic (exact) mass is 643 g/mol. The van der Waals surface area contributed by atoms with E-state index < -0.39 is 29.9 Å². The van der Waals surface area contributed by atoms with Crippen LogP contribution in [0.2, 0.25) is 0 Å². The zero-order chi connectivity index (χ0) is 34.0. The number of hydrogen-bond acceptors (Lipinski definition) is 5. The lowest BCUT2D eigenvalue weighted by Gasteiger charge is -2.29. The minimum Gasteiger partial charge on any atom is -0.394 e. The van der Waals surface area contributed by atoms with Gasteiger partial charge in [-0.3, -0.25) is 9.59 Å². The van der Waals surface area contributed by atoms with E-state index in [4.69, 9.17) is 0 Å². The van der Waals surface area contributed by atoms with Gasteiger partial charge in [0.15, 0.2) is 11.6 Å². The van der Waals surface area contributed by atoms with Crippen LogP contribution in [0.1, 0.15) is 168 Å². The van der Waals surface area contributed by atoms with Crippen LogP contribution in [0.5, 0.6) is 0 Å². The van der Waals surface area contributed by atoms with Gasteiger partial charge >= 0.3 is 0 Å². The number of allylic oxidation sites excluding steroid dienone is 10. The molecule has 5 heteroatoms. The second kappa shape index (κ2) is 32.8. The highest BCUT2D eigenvalue weighted by molar-refractivity contribution is 6.10. The van der Waals surface area contributed by atoms with E-state index in [2.05, 4.69) is 62.5 Å². The Bertz CT molecular complexity index is 868. The molecule has 0 aromatic heterocycles. The molecule has 2 atom stereocenters. The lowest BCUT2D eigenvalue weighted by atomic mass is 9.83. The first kappa shape index (κ1) is 43.9. The summed E-state index contributed by atoms with van der Waals surface area (Å²) in [6.45, 7) is 3.63. The molecule has 0 saturated heterocycles. The molecular weight excluding hydrogens is 572 g/mol. The summed E-state index contributed by atoms with van der Waals surface area (Å²) in [5.74, 6) is -1.39. The van der Waals surface area contributed by atoms with Gasteiger partial charge in [0.1, 0.15) is 6.10 Å². The van der Waals surface area contributed by atoms with Crippen molar-refractivity contribution < 1.29 is 24.9 Å². The van der Waals surface area contributed by atoms with Gasteiger partial charge in [-0.05, 0) is 77.0 Å². The predicted octanol–water partition coefficient (Wildman–Crippen LogP) is 10.4. The number of carbonyl (C=O) groups excluding carboxylic acids is 2. The summed E-state index contributed by atoms with van der Waals surface area (Å²) in [7, 11) is 0. The SMILES string of the molecule is CCCCC/C=C\C/C=C\C/C=C\C/C=C\CCCC(=O)C(O)(C(=O)CCCCCCC/C=C\CCCCCCCC)C(O)CO. The molecule has 0 fully saturated rings. The molecule has 0 saturated carbocycles. The summed E-state index contributed by atoms with van der Waals surface area (Å²) in [6, 6.07) is 0. The molecule has 46 heavy (non-hydrogen) atoms. The van der Waals surface area contributed by atoms with Crippen molar-refractivity contribution in [1.29, 1.82) is 0 Å². The third-order valence-electron chi connectivity index (χ3n) is 8.40. The van der Waals surface area contributed by atoms with Crippen LogP contribution in [0.4, 0.5) is 0 Å². The standard InChI is InChI=1S/C41H70O5/c1-3-5-7-9-11-13-15-17-19-20-22-24-26-28-30-32-34-36-39(44)41(46,40(45)37-42)38(43)35-33-31-29-27-25-23-21-18-16-14-12-10-8-6-4-2/h11,13,17-19,21-22,24,28,30,40,42,45-46H,3-10,12,14-16,20,23,25-27,29,31-37H2,1-2H3/b13-11-,19-17-,21-18-,24-22-,30-28-. The third kappa shape index (κ3) is 24.1. The molecule has 0 heterocycles. The smallest absolute Gasteiger partial charge is 0.209 e. The average molecular weight is 643 g/mol. The number of ketones is 2. The quantitative estimate of drug-likeness (QED) is 0.0376. The van der Waals surface area contributed by atoms with Crippen molar-refractivity contribution in [2.75, 3.05) is 6.61 Å². The van der Waals surface area contributed by atoms with E-state index in [0.29, 0.717) is 19.3 Å². The van der Waals surface area contributed by atoms with Gasteiger partial charge in [0.25, 0.3) is 0 Å². The van der Waals surface area contributed by atoms with Crippen molar-refractivity contribution in [2.24, 2.45) is 0 Å². The predicted molar refractivity (Wildman–Crippen MR) is 196 cm³/mol. The first-order chi connectivity index (χ1) is 22.4. The van der Waals surface area contributed by atoms with Crippen molar-refractivity contribution >= 4 is 11.6 Å². The Morgan fingerprint density at radius 2 is 0.826 bits per heavy atom. The van der Waals surface area contributed by atoms with Crippen LogP contribution in [0.15, 0.2) is 60.8 Å². The van der Waals surface area contributed by atoms with E-state index >= 15 is 0 Å². The number of rotatable bonds is 33. The molecule has 0 aliphatic carbocycles. The Morgan fingerprint density at radius 3 is 1.30 bits per heavy atom. The summed E-state index contributed by atoms with van der Waals surface area (Å²) < 4.78 is 0. The second-order valence-corrected chi connectivity index (χ2v) is 12.6. The van der Waals surface area contributed by atoms with Crippen molar-refractivity contribution in [1.82, 2.24) is 0 Å². The Labute approximate surface area is 283 Å². The topological polar surface area (TPSA) is 94.8 Å². The van der Waals surface area contributed by atoms with Crippen LogP contribution >= 0.6 is 0 Å². The molecule has 0 rings (SSSR count). The van der Waals surface area contributed by atoms with Crippen molar-refractivity contribution in [3.05, 3.63) is 60.8 Å². The molecule has 0 radical (unpaired) electrons. The van der Waals surface area contributed by atoms with Crippen molar-refractivity contribution in [2.45, 2.75) is 180 Å². The highest BCUT2D eigenvalue weighted by Gasteiger charge is 2.48. The molecule has 0 spiro atoms. The van der Waals surface area contributed by atoms with Crippen LogP contribution in [-0.4, -0.2) is 45.2 Å². The minimum atomic E-state index is -2.53. The van der Waals surface area contributed by atoms with Crippen LogP contribution in [0.25, 0.3) is 0 Å². The van der Waals surface area contributed by atoms with Gasteiger partial charge < -0.3 is 15.3 Å². The maximum Gasteiger partial charge on any atom is 0.209 e. The fourth-order valence-electron chi connectivity index (χ4n) is 5.34. The number of carbonyl (C=O) groups is 2. The maximum absolute atomic E-state index is 12.8. The molecule has 0 aromatic rings. The number of unbranched alkanes of at least 4 members (excludes halogenated alkanes) is 15. The van der Waals surface area contributed by atoms with Gasteiger partial charge in [-0.25, -0.2) is 0 Å². The van der Waals surface area contributed by atoms with Gasteiger partial charge in [-0.1, -0.05) is 139 Å². The van der Waals surface area contributed by atoms with Crippen molar-refractivity contribution in [3.63, 3.8) is 0 Å². The van der Waals surface area contributed by atoms with Crippen LogP contribution in [0, 0.1) is 0 Å². The van der Waals surface area contributed by atoms with Gasteiger partial charge in [0, 0.05) is 12.8 Å². The average Bonchev–Trinajstić information content (AvgIpc) is 3.06. The van der Waals surface area contributed by atoms with E-state index in [1.54, 1.807) is 0 Å². The van der Waals surface area contributed by atoms with Gasteiger partial charge in [-0.2, -0.15) is 0 Å². The number of hydrogen-bond donors (Lipinski definition) is 3. The lowest BCUT2D eigenvalue weighted by Crippen LogP contribution is -2.57. The molecule has 3 N–H and O–H groups in total. The largest absolute Gasteiger partial charge is 0.394 e. The first-order valence-electron chi connectivity index (χ1n) is 18.8. The van der Waals surface area contributed by atoms with Crippen molar-refractivity contribution in [3.8, 4) is 0 Å². The van der Waals surface area contributed by atoms with Gasteiger partial charge in [-0.15, -0.1) is 0 Å². The van der Waals surface area contributed by atoms with E-state index in [9.17, 15) is 24.9 Å². The zero-order valence-corrected chi connectivity index (χ0v) is 29.7. The van der Waals surface area contributed by atoms with Crippen LogP contribution in [-0.2, 0) is 9.59 Å². The molecule has 0 aliphatic heterocycles. The van der Waals surface area contributed by atoms with E-state index in [1.165, 1.54) is 70.6 Å². The Morgan fingerprint density at radius 1 is 0.500 bits per heavy atom. The number of Topliss-reactive ketones (excluding diaryl/α,β-unsaturated/α-hetero) is 2. The summed E-state index contributed by atoms with van der Waals surface area (Å²) in [4.78, 5) is 25.7. The van der Waals surface area contributed by atoms with Crippen LogP contribution < -0.4 is 0 Å². The number of aliphatic hydroxyl groups is 3. The Balaban J connectivity index is 4.15. The second-order valence-electron chi connectivity index (χ2n) is 12.6. The molecule has 2 unspecified atom stereocenters. The number of aliphatic hydroxyl groups excluding tert-OH is 2. The fourth-order valence-corrected chi connectivity index (χ4v) is 5.34. The molecule has 0 bridgehead atoms. The molecule has 0 aliphatic rings. The van der Waals surface area contributed by atoms with Crippen LogP contribution in [0.3, 0.4) is 0 Å². The first-order valence-corrected chi connectivity index (χ1v) is 18.8. The maximum atomic E-state index is 12.8. The van der Waals surface area contributed by atoms with E-state index in [-0.39, 0.29) is 12.8 Å². The minimum absolute atomic E-state index is 0.0225. The summed E-state index contributed by atoms with van der Waals surface area (Å²) in [6.07, 6.45) is 43.5. The Kier molecular flexibility index (Phi) is 31.4. The lowest BCUT2D eigenvalue weighted by molar-refractivity contribution is -0.166. The highest BCUT2D eigenvalue weighted by Crippen LogP contribution is 2.22. The molecule has 0 aromatic carbocycles. The molecule has 0 amide bonds. The Hall–Kier alpha value is -2.08. The summed E-state index contributed by atoms with van der Waals surface area (Å²) in [5, 5.41) is 30.6. The van der Waals surface area contributed by atoms with Gasteiger partial charge in [0.05, 0.1) is 6.61 Å². The van der Waals surface area contributed by atoms with Gasteiger partial charge in [0.2, 0.25) is 5.60 Å². The molecule has 5 nitrogen and oxygen atoms in total. The molecular formula is C41H70O5. The fraction of sp³-hybridized carbons (Fsp3) is 0.707. The normalized spacial score (nSPS) is 14.5. The zero-order valence-electron chi connectivity index (χ0n) is 29.7. The molecule has 264 valence electrons. The van der Waals surface area contributed by atoms with E-state index in [0.717, 1.165) is 51.4 Å². The third-order valence-corrected chi connectivity index (χ3v) is 8.40. The summed E-state index contributed by atoms with van der Waals surface area (Å²) in [5.41, 5.74) is -2.53.